The van der Waals surface area contributed by atoms with Crippen molar-refractivity contribution < 1.29 is 9.26 Å². The highest BCUT2D eigenvalue weighted by atomic mass is 31.2. The SMILES string of the molecule is c1ccc(C2OC(c3ccccc3)[P+](c3ccccc3)(c3ccccc3)O2)cc1. The Morgan fingerprint density at radius 3 is 1.38 bits per heavy atom. The van der Waals surface area contributed by atoms with Crippen molar-refractivity contribution >= 4 is 18.1 Å². The highest BCUT2D eigenvalue weighted by Gasteiger charge is 2.62. The molecular formula is C26H22O2P+. The lowest BCUT2D eigenvalue weighted by Gasteiger charge is -2.24. The standard InChI is InChI=1S/C26H22O2P/c1-5-13-21(14-6-1)25-27-26(22-15-7-2-8-16-22)29(28-25,23-17-9-3-10-18-23)24-19-11-4-12-20-24/h1-20,25-26H/q+1. The van der Waals surface area contributed by atoms with Gasteiger partial charge in [0.25, 0.3) is 0 Å². The molecule has 5 rings (SSSR count). The van der Waals surface area contributed by atoms with Crippen molar-refractivity contribution in [3.8, 4) is 0 Å². The van der Waals surface area contributed by atoms with E-state index in [1.807, 2.05) is 36.4 Å². The van der Waals surface area contributed by atoms with Crippen molar-refractivity contribution in [1.82, 2.24) is 0 Å². The molecule has 0 aliphatic carbocycles. The molecule has 3 heteroatoms. The normalized spacial score (nSPS) is 20.4. The number of rotatable bonds is 4. The van der Waals surface area contributed by atoms with Crippen LogP contribution in [0.1, 0.15) is 23.3 Å². The van der Waals surface area contributed by atoms with Crippen LogP contribution in [0.15, 0.2) is 121 Å². The third-order valence-corrected chi connectivity index (χ3v) is 9.02. The van der Waals surface area contributed by atoms with Crippen LogP contribution in [-0.4, -0.2) is 0 Å². The maximum atomic E-state index is 6.96. The zero-order chi connectivity index (χ0) is 19.5. The Bertz CT molecular complexity index is 1010. The quantitative estimate of drug-likeness (QED) is 0.392. The molecule has 29 heavy (non-hydrogen) atoms. The Morgan fingerprint density at radius 1 is 0.483 bits per heavy atom. The van der Waals surface area contributed by atoms with Crippen LogP contribution in [0.3, 0.4) is 0 Å². The molecule has 0 saturated carbocycles. The molecule has 0 bridgehead atoms. The number of benzene rings is 4. The van der Waals surface area contributed by atoms with E-state index < -0.39 is 13.8 Å². The second-order valence-corrected chi connectivity index (χ2v) is 10.1. The van der Waals surface area contributed by atoms with Crippen LogP contribution in [0.5, 0.6) is 0 Å². The van der Waals surface area contributed by atoms with Crippen LogP contribution in [-0.2, 0) is 9.26 Å². The Hall–Kier alpha value is -2.77. The second kappa shape index (κ2) is 7.93. The second-order valence-electron chi connectivity index (χ2n) is 7.08. The molecule has 2 nitrogen and oxygen atoms in total. The van der Waals surface area contributed by atoms with E-state index in [-0.39, 0.29) is 5.85 Å². The summed E-state index contributed by atoms with van der Waals surface area (Å²) in [7, 11) is -2.33. The van der Waals surface area contributed by atoms with Crippen molar-refractivity contribution in [3.05, 3.63) is 132 Å². The zero-order valence-corrected chi connectivity index (χ0v) is 16.9. The topological polar surface area (TPSA) is 18.5 Å². The molecular weight excluding hydrogens is 375 g/mol. The lowest BCUT2D eigenvalue weighted by molar-refractivity contribution is -0.0503. The molecule has 1 aliphatic heterocycles. The smallest absolute Gasteiger partial charge is 0.248 e. The van der Waals surface area contributed by atoms with Gasteiger partial charge in [-0.2, -0.15) is 4.52 Å². The lowest BCUT2D eigenvalue weighted by Crippen LogP contribution is -2.25. The fraction of sp³-hybridized carbons (Fsp3) is 0.0769. The monoisotopic (exact) mass is 397 g/mol. The minimum atomic E-state index is -2.33. The summed E-state index contributed by atoms with van der Waals surface area (Å²) >= 11 is 0. The van der Waals surface area contributed by atoms with Gasteiger partial charge in [-0.25, -0.2) is 0 Å². The molecule has 1 aliphatic rings. The van der Waals surface area contributed by atoms with Crippen LogP contribution in [0.2, 0.25) is 0 Å². The molecule has 4 aromatic carbocycles. The van der Waals surface area contributed by atoms with E-state index in [0.29, 0.717) is 0 Å². The molecule has 0 aromatic heterocycles. The van der Waals surface area contributed by atoms with Gasteiger partial charge in [0.2, 0.25) is 19.6 Å². The Balaban J connectivity index is 1.73. The predicted octanol–water partition coefficient (Wildman–Crippen LogP) is 6.01. The fourth-order valence-electron chi connectivity index (χ4n) is 3.93. The molecule has 2 unspecified atom stereocenters. The summed E-state index contributed by atoms with van der Waals surface area (Å²) in [6.07, 6.45) is -0.407. The predicted molar refractivity (Wildman–Crippen MR) is 120 cm³/mol. The first kappa shape index (κ1) is 18.3. The van der Waals surface area contributed by atoms with E-state index in [0.717, 1.165) is 11.1 Å². The fourth-order valence-corrected chi connectivity index (χ4v) is 7.70. The van der Waals surface area contributed by atoms with Gasteiger partial charge in [0, 0.05) is 11.1 Å². The van der Waals surface area contributed by atoms with E-state index in [1.165, 1.54) is 10.6 Å². The Morgan fingerprint density at radius 2 is 0.897 bits per heavy atom. The van der Waals surface area contributed by atoms with Gasteiger partial charge in [-0.3, -0.25) is 4.74 Å². The van der Waals surface area contributed by atoms with Gasteiger partial charge in [-0.1, -0.05) is 97.1 Å². The van der Waals surface area contributed by atoms with Crippen molar-refractivity contribution in [1.29, 1.82) is 0 Å². The molecule has 0 amide bonds. The van der Waals surface area contributed by atoms with Gasteiger partial charge in [0.15, 0.2) is 0 Å². The van der Waals surface area contributed by atoms with E-state index >= 15 is 0 Å². The summed E-state index contributed by atoms with van der Waals surface area (Å²) in [5.74, 6) is -0.168. The largest absolute Gasteiger partial charge is 0.299 e. The van der Waals surface area contributed by atoms with Crippen molar-refractivity contribution in [2.24, 2.45) is 0 Å². The maximum absolute atomic E-state index is 6.96. The van der Waals surface area contributed by atoms with E-state index in [1.54, 1.807) is 0 Å². The Labute approximate surface area is 172 Å². The third-order valence-electron chi connectivity index (χ3n) is 5.28. The van der Waals surface area contributed by atoms with Gasteiger partial charge in [0.05, 0.1) is 0 Å². The number of ether oxygens (including phenoxy) is 1. The lowest BCUT2D eigenvalue weighted by atomic mass is 10.2. The molecule has 2 atom stereocenters. The third kappa shape index (κ3) is 3.30. The van der Waals surface area contributed by atoms with E-state index in [4.69, 9.17) is 9.26 Å². The average molecular weight is 397 g/mol. The van der Waals surface area contributed by atoms with Crippen LogP contribution in [0, 0.1) is 0 Å². The minimum absolute atomic E-state index is 0.168. The van der Waals surface area contributed by atoms with E-state index in [2.05, 4.69) is 84.9 Å². The van der Waals surface area contributed by atoms with Crippen molar-refractivity contribution in [3.63, 3.8) is 0 Å². The molecule has 0 spiro atoms. The zero-order valence-electron chi connectivity index (χ0n) is 16.0. The summed E-state index contributed by atoms with van der Waals surface area (Å²) in [6, 6.07) is 41.8. The first-order valence-corrected chi connectivity index (χ1v) is 11.6. The highest BCUT2D eigenvalue weighted by molar-refractivity contribution is 7.85. The summed E-state index contributed by atoms with van der Waals surface area (Å²) in [5.41, 5.74) is 2.19. The average Bonchev–Trinajstić information content (AvgIpc) is 3.23. The molecule has 1 fully saturated rings. The summed E-state index contributed by atoms with van der Waals surface area (Å²) < 4.78 is 13.6. The van der Waals surface area contributed by atoms with Gasteiger partial charge < -0.3 is 0 Å². The first-order chi connectivity index (χ1) is 14.4. The number of hydrogen-bond donors (Lipinski definition) is 0. The van der Waals surface area contributed by atoms with Gasteiger partial charge in [0.1, 0.15) is 10.6 Å². The molecule has 142 valence electrons. The highest BCUT2D eigenvalue weighted by Crippen LogP contribution is 2.76. The summed E-state index contributed by atoms with van der Waals surface area (Å²) in [6.45, 7) is 0. The van der Waals surface area contributed by atoms with Gasteiger partial charge in [-0.05, 0) is 24.3 Å². The minimum Gasteiger partial charge on any atom is -0.299 e. The van der Waals surface area contributed by atoms with Crippen molar-refractivity contribution in [2.75, 3.05) is 0 Å². The Kier molecular flexibility index (Phi) is 4.99. The van der Waals surface area contributed by atoms with Crippen LogP contribution in [0.25, 0.3) is 0 Å². The molecule has 0 radical (unpaired) electrons. The summed E-state index contributed by atoms with van der Waals surface area (Å²) in [5, 5.41) is 2.39. The first-order valence-electron chi connectivity index (χ1n) is 9.82. The van der Waals surface area contributed by atoms with Crippen LogP contribution < -0.4 is 10.6 Å². The molecule has 4 aromatic rings. The van der Waals surface area contributed by atoms with Gasteiger partial charge in [-0.15, -0.1) is 0 Å². The van der Waals surface area contributed by atoms with E-state index in [9.17, 15) is 0 Å². The number of hydrogen-bond acceptors (Lipinski definition) is 2. The maximum Gasteiger partial charge on any atom is 0.248 e. The van der Waals surface area contributed by atoms with Crippen LogP contribution in [0.4, 0.5) is 0 Å². The summed E-state index contributed by atoms with van der Waals surface area (Å²) in [4.78, 5) is 0. The van der Waals surface area contributed by atoms with Gasteiger partial charge >= 0.3 is 0 Å². The molecule has 1 saturated heterocycles. The van der Waals surface area contributed by atoms with Crippen LogP contribution >= 0.6 is 7.49 Å². The molecule has 0 N–H and O–H groups in total. The van der Waals surface area contributed by atoms with Crippen molar-refractivity contribution in [2.45, 2.75) is 12.1 Å². The molecule has 1 heterocycles.